The van der Waals surface area contributed by atoms with Gasteiger partial charge in [0.1, 0.15) is 0 Å². The maximum Gasteiger partial charge on any atom is 0.240 e. The minimum atomic E-state index is -1.22. The molecule has 0 amide bonds. The van der Waals surface area contributed by atoms with Crippen molar-refractivity contribution in [3.8, 4) is 0 Å². The van der Waals surface area contributed by atoms with Gasteiger partial charge in [0, 0.05) is 0 Å². The van der Waals surface area contributed by atoms with Crippen molar-refractivity contribution in [3.05, 3.63) is 35.9 Å². The predicted octanol–water partition coefficient (Wildman–Crippen LogP) is 0.695. The fraction of sp³-hybridized carbons (Fsp3) is 0.111. The number of H-pyrrole nitrogens is 1. The van der Waals surface area contributed by atoms with E-state index in [4.69, 9.17) is 5.73 Å². The van der Waals surface area contributed by atoms with Gasteiger partial charge in [-0.1, -0.05) is 30.3 Å². The van der Waals surface area contributed by atoms with E-state index in [0.717, 1.165) is 5.56 Å². The highest BCUT2D eigenvalue weighted by atomic mass is 32.2. The van der Waals surface area contributed by atoms with Crippen LogP contribution < -0.4 is 5.73 Å². The normalized spacial score (nSPS) is 12.5. The second-order valence-electron chi connectivity index (χ2n) is 2.97. The Kier molecular flexibility index (Phi) is 2.77. The van der Waals surface area contributed by atoms with Crippen molar-refractivity contribution in [2.45, 2.75) is 10.9 Å². The van der Waals surface area contributed by atoms with E-state index in [0.29, 0.717) is 10.9 Å². The molecule has 1 atom stereocenters. The first-order chi connectivity index (χ1) is 7.25. The summed E-state index contributed by atoms with van der Waals surface area (Å²) in [5, 5.41) is 6.48. The van der Waals surface area contributed by atoms with Crippen LogP contribution in [0.1, 0.15) is 5.56 Å². The molecular weight excluding hydrogens is 212 g/mol. The van der Waals surface area contributed by atoms with Crippen molar-refractivity contribution in [3.63, 3.8) is 0 Å². The molecule has 15 heavy (non-hydrogen) atoms. The van der Waals surface area contributed by atoms with Crippen LogP contribution in [0.5, 0.6) is 0 Å². The standard InChI is InChI=1S/C9H10N4OS/c10-8-11-9(13-12-8)15(14)6-7-4-2-1-3-5-7/h1-5H,6H2,(H3,10,11,12,13)/t15-/m1/s1. The summed E-state index contributed by atoms with van der Waals surface area (Å²) in [6.45, 7) is 0. The first kappa shape index (κ1) is 9.85. The fourth-order valence-electron chi connectivity index (χ4n) is 1.15. The maximum atomic E-state index is 11.7. The zero-order chi connectivity index (χ0) is 10.7. The summed E-state index contributed by atoms with van der Waals surface area (Å²) >= 11 is 0. The molecule has 1 aromatic carbocycles. The van der Waals surface area contributed by atoms with Gasteiger partial charge in [0.05, 0.1) is 16.6 Å². The molecule has 0 spiro atoms. The van der Waals surface area contributed by atoms with Crippen LogP contribution in [0.25, 0.3) is 0 Å². The zero-order valence-corrected chi connectivity index (χ0v) is 8.70. The summed E-state index contributed by atoms with van der Waals surface area (Å²) in [5.74, 6) is 0.529. The molecular formula is C9H10N4OS. The van der Waals surface area contributed by atoms with Crippen LogP contribution in [0.15, 0.2) is 35.5 Å². The van der Waals surface area contributed by atoms with Crippen LogP contribution in [0.3, 0.4) is 0 Å². The topological polar surface area (TPSA) is 84.7 Å². The van der Waals surface area contributed by atoms with Crippen LogP contribution in [0.4, 0.5) is 5.95 Å². The van der Waals surface area contributed by atoms with Crippen LogP contribution >= 0.6 is 0 Å². The van der Waals surface area contributed by atoms with E-state index in [9.17, 15) is 4.21 Å². The number of nitrogens with two attached hydrogens (primary N) is 1. The highest BCUT2D eigenvalue weighted by Crippen LogP contribution is 2.08. The summed E-state index contributed by atoms with van der Waals surface area (Å²) in [4.78, 5) is 3.82. The Morgan fingerprint density at radius 2 is 2.07 bits per heavy atom. The van der Waals surface area contributed by atoms with Gasteiger partial charge in [-0.25, -0.2) is 0 Å². The minimum absolute atomic E-state index is 0.117. The first-order valence-electron chi connectivity index (χ1n) is 4.36. The van der Waals surface area contributed by atoms with Crippen molar-refractivity contribution in [2.75, 3.05) is 5.73 Å². The van der Waals surface area contributed by atoms with E-state index in [2.05, 4.69) is 15.2 Å². The molecule has 0 radical (unpaired) electrons. The Morgan fingerprint density at radius 1 is 1.33 bits per heavy atom. The summed E-state index contributed by atoms with van der Waals surface area (Å²) in [5.41, 5.74) is 6.31. The lowest BCUT2D eigenvalue weighted by Gasteiger charge is -1.97. The molecule has 1 aromatic heterocycles. The van der Waals surface area contributed by atoms with Crippen molar-refractivity contribution in [2.24, 2.45) is 0 Å². The van der Waals surface area contributed by atoms with E-state index < -0.39 is 10.8 Å². The first-order valence-corrected chi connectivity index (χ1v) is 5.68. The Bertz CT molecular complexity index is 468. The van der Waals surface area contributed by atoms with E-state index in [-0.39, 0.29) is 5.95 Å². The SMILES string of the molecule is Nc1n[nH]c([S@](=O)Cc2ccccc2)n1. The Hall–Kier alpha value is -1.69. The number of benzene rings is 1. The fourth-order valence-corrected chi connectivity index (χ4v) is 2.13. The average Bonchev–Trinajstić information content (AvgIpc) is 2.66. The molecule has 6 heteroatoms. The van der Waals surface area contributed by atoms with Crippen molar-refractivity contribution in [1.29, 1.82) is 0 Å². The van der Waals surface area contributed by atoms with E-state index in [1.807, 2.05) is 30.3 Å². The van der Waals surface area contributed by atoms with Gasteiger partial charge in [-0.3, -0.25) is 9.31 Å². The molecule has 5 nitrogen and oxygen atoms in total. The smallest absolute Gasteiger partial charge is 0.240 e. The molecule has 0 bridgehead atoms. The molecule has 0 aliphatic carbocycles. The van der Waals surface area contributed by atoms with Crippen LogP contribution in [-0.4, -0.2) is 19.4 Å². The third kappa shape index (κ3) is 2.41. The summed E-state index contributed by atoms with van der Waals surface area (Å²) < 4.78 is 11.7. The molecule has 3 N–H and O–H groups in total. The van der Waals surface area contributed by atoms with Gasteiger partial charge >= 0.3 is 0 Å². The highest BCUT2D eigenvalue weighted by Gasteiger charge is 2.09. The van der Waals surface area contributed by atoms with Gasteiger partial charge in [-0.15, -0.1) is 5.10 Å². The second-order valence-corrected chi connectivity index (χ2v) is 4.34. The van der Waals surface area contributed by atoms with Gasteiger partial charge in [0.2, 0.25) is 11.1 Å². The Morgan fingerprint density at radius 3 is 2.67 bits per heavy atom. The van der Waals surface area contributed by atoms with Crippen molar-refractivity contribution in [1.82, 2.24) is 15.2 Å². The number of nitrogens with zero attached hydrogens (tertiary/aromatic N) is 2. The quantitative estimate of drug-likeness (QED) is 0.800. The largest absolute Gasteiger partial charge is 0.366 e. The van der Waals surface area contributed by atoms with Gasteiger partial charge < -0.3 is 5.73 Å². The van der Waals surface area contributed by atoms with E-state index in [1.54, 1.807) is 0 Å². The third-order valence-electron chi connectivity index (χ3n) is 1.84. The Balaban J connectivity index is 2.11. The van der Waals surface area contributed by atoms with E-state index >= 15 is 0 Å². The van der Waals surface area contributed by atoms with Crippen LogP contribution in [0.2, 0.25) is 0 Å². The van der Waals surface area contributed by atoms with Gasteiger partial charge in [-0.05, 0) is 5.56 Å². The lowest BCUT2D eigenvalue weighted by atomic mass is 10.2. The summed E-state index contributed by atoms with van der Waals surface area (Å²) in [6.07, 6.45) is 0. The number of nitrogens with one attached hydrogen (secondary N) is 1. The minimum Gasteiger partial charge on any atom is -0.366 e. The molecule has 0 saturated carbocycles. The molecule has 0 unspecified atom stereocenters. The van der Waals surface area contributed by atoms with Crippen molar-refractivity contribution < 1.29 is 4.21 Å². The molecule has 2 rings (SSSR count). The molecule has 0 aliphatic rings. The highest BCUT2D eigenvalue weighted by molar-refractivity contribution is 7.84. The number of hydrogen-bond acceptors (Lipinski definition) is 4. The van der Waals surface area contributed by atoms with E-state index in [1.165, 1.54) is 0 Å². The van der Waals surface area contributed by atoms with Gasteiger partial charge in [0.25, 0.3) is 0 Å². The molecule has 0 aliphatic heterocycles. The number of rotatable bonds is 3. The molecule has 0 saturated heterocycles. The van der Waals surface area contributed by atoms with Crippen molar-refractivity contribution >= 4 is 16.7 Å². The van der Waals surface area contributed by atoms with Gasteiger partial charge in [-0.2, -0.15) is 4.98 Å². The van der Waals surface area contributed by atoms with Gasteiger partial charge in [0.15, 0.2) is 0 Å². The van der Waals surface area contributed by atoms with Crippen LogP contribution in [-0.2, 0) is 16.6 Å². The zero-order valence-electron chi connectivity index (χ0n) is 7.88. The molecule has 0 fully saturated rings. The lowest BCUT2D eigenvalue weighted by molar-refractivity contribution is 0.676. The maximum absolute atomic E-state index is 11.7. The molecule has 78 valence electrons. The third-order valence-corrected chi connectivity index (χ3v) is 3.05. The average molecular weight is 222 g/mol. The lowest BCUT2D eigenvalue weighted by Crippen LogP contribution is -1.98. The monoisotopic (exact) mass is 222 g/mol. The number of aromatic amines is 1. The summed E-state index contributed by atoms with van der Waals surface area (Å²) in [6, 6.07) is 9.55. The second kappa shape index (κ2) is 4.22. The Labute approximate surface area is 89.2 Å². The molecule has 2 aromatic rings. The molecule has 1 heterocycles. The number of nitrogen functional groups attached to an aromatic ring is 1. The predicted molar refractivity (Wildman–Crippen MR) is 57.3 cm³/mol. The number of hydrogen-bond donors (Lipinski definition) is 2. The number of anilines is 1. The van der Waals surface area contributed by atoms with Crippen LogP contribution in [0, 0.1) is 0 Å². The number of aromatic nitrogens is 3. The summed E-state index contributed by atoms with van der Waals surface area (Å²) in [7, 11) is -1.22.